The molecule has 78 valence electrons. The van der Waals surface area contributed by atoms with Crippen LogP contribution in [0, 0.1) is 6.92 Å². The first-order valence-electron chi connectivity index (χ1n) is 4.57. The number of carboxylic acid groups (broad SMARTS) is 1. The number of benzene rings is 1. The van der Waals surface area contributed by atoms with Crippen molar-refractivity contribution >= 4 is 17.8 Å². The number of ketones is 1. The number of hydrogen-bond donors (Lipinski definition) is 1. The third-order valence-corrected chi connectivity index (χ3v) is 1.86. The molecule has 0 saturated carbocycles. The number of carbonyl (C=O) groups is 2. The summed E-state index contributed by atoms with van der Waals surface area (Å²) in [7, 11) is 0. The fraction of sp³-hybridized carbons (Fsp3) is 0.167. The number of allylic oxidation sites excluding steroid dienone is 1. The van der Waals surface area contributed by atoms with Crippen molar-refractivity contribution in [2.75, 3.05) is 0 Å². The summed E-state index contributed by atoms with van der Waals surface area (Å²) in [5, 5.41) is 8.36. The van der Waals surface area contributed by atoms with Crippen molar-refractivity contribution in [3.8, 4) is 0 Å². The molecule has 3 nitrogen and oxygen atoms in total. The van der Waals surface area contributed by atoms with Crippen LogP contribution >= 0.6 is 0 Å². The zero-order valence-electron chi connectivity index (χ0n) is 8.43. The van der Waals surface area contributed by atoms with Gasteiger partial charge < -0.3 is 5.11 Å². The largest absolute Gasteiger partial charge is 0.481 e. The molecule has 0 spiro atoms. The van der Waals surface area contributed by atoms with Gasteiger partial charge in [-0.25, -0.2) is 0 Å². The lowest BCUT2D eigenvalue weighted by Crippen LogP contribution is -2.02. The standard InChI is InChI=1S/C12H12O3/c1-9-2-4-10(5-3-9)6-7-11(13)8-12(14)15/h2-7H,8H2,1H3,(H,14,15)/b7-6+. The quantitative estimate of drug-likeness (QED) is 0.603. The molecule has 1 aromatic carbocycles. The van der Waals surface area contributed by atoms with Crippen molar-refractivity contribution in [1.82, 2.24) is 0 Å². The molecule has 1 N–H and O–H groups in total. The van der Waals surface area contributed by atoms with Gasteiger partial charge in [0.2, 0.25) is 0 Å². The Kier molecular flexibility index (Phi) is 3.80. The summed E-state index contributed by atoms with van der Waals surface area (Å²) < 4.78 is 0. The van der Waals surface area contributed by atoms with Crippen molar-refractivity contribution in [1.29, 1.82) is 0 Å². The zero-order chi connectivity index (χ0) is 11.3. The second-order valence-electron chi connectivity index (χ2n) is 3.28. The van der Waals surface area contributed by atoms with E-state index >= 15 is 0 Å². The Balaban J connectivity index is 2.61. The second kappa shape index (κ2) is 5.10. The molecule has 0 fully saturated rings. The molecule has 0 aliphatic heterocycles. The molecule has 0 bridgehead atoms. The van der Waals surface area contributed by atoms with Crippen LogP contribution in [0.15, 0.2) is 30.3 Å². The fourth-order valence-corrected chi connectivity index (χ4v) is 1.07. The van der Waals surface area contributed by atoms with Crippen molar-refractivity contribution in [2.45, 2.75) is 13.3 Å². The molecular formula is C12H12O3. The Bertz CT molecular complexity index is 388. The Morgan fingerprint density at radius 2 is 1.87 bits per heavy atom. The molecule has 0 saturated heterocycles. The van der Waals surface area contributed by atoms with Crippen molar-refractivity contribution in [3.63, 3.8) is 0 Å². The lowest BCUT2D eigenvalue weighted by molar-refractivity contribution is -0.139. The highest BCUT2D eigenvalue weighted by molar-refractivity contribution is 6.03. The van der Waals surface area contributed by atoms with Gasteiger partial charge in [0.25, 0.3) is 0 Å². The molecule has 0 aliphatic carbocycles. The van der Waals surface area contributed by atoms with Gasteiger partial charge in [0, 0.05) is 0 Å². The predicted molar refractivity (Wildman–Crippen MR) is 57.5 cm³/mol. The normalized spacial score (nSPS) is 10.5. The van der Waals surface area contributed by atoms with E-state index in [1.165, 1.54) is 6.08 Å². The first kappa shape index (κ1) is 11.2. The topological polar surface area (TPSA) is 54.4 Å². The van der Waals surface area contributed by atoms with Crippen molar-refractivity contribution < 1.29 is 14.7 Å². The molecular weight excluding hydrogens is 192 g/mol. The smallest absolute Gasteiger partial charge is 0.311 e. The minimum Gasteiger partial charge on any atom is -0.481 e. The summed E-state index contributed by atoms with van der Waals surface area (Å²) >= 11 is 0. The molecule has 0 aromatic heterocycles. The SMILES string of the molecule is Cc1ccc(/C=C/C(=O)CC(=O)O)cc1. The van der Waals surface area contributed by atoms with Gasteiger partial charge in [-0.2, -0.15) is 0 Å². The van der Waals surface area contributed by atoms with Gasteiger partial charge >= 0.3 is 5.97 Å². The van der Waals surface area contributed by atoms with Crippen LogP contribution in [-0.2, 0) is 9.59 Å². The fourth-order valence-electron chi connectivity index (χ4n) is 1.07. The number of aliphatic carboxylic acids is 1. The van der Waals surface area contributed by atoms with Gasteiger partial charge in [-0.1, -0.05) is 35.9 Å². The number of hydrogen-bond acceptors (Lipinski definition) is 2. The van der Waals surface area contributed by atoms with Gasteiger partial charge in [0.15, 0.2) is 5.78 Å². The van der Waals surface area contributed by atoms with E-state index in [0.29, 0.717) is 0 Å². The monoisotopic (exact) mass is 204 g/mol. The predicted octanol–water partition coefficient (Wildman–Crippen LogP) is 2.05. The molecule has 0 aliphatic rings. The average Bonchev–Trinajstić information content (AvgIpc) is 2.16. The molecule has 0 unspecified atom stereocenters. The van der Waals surface area contributed by atoms with Gasteiger partial charge in [-0.05, 0) is 18.6 Å². The first-order chi connectivity index (χ1) is 7.08. The number of aryl methyl sites for hydroxylation is 1. The van der Waals surface area contributed by atoms with Crippen LogP contribution in [-0.4, -0.2) is 16.9 Å². The average molecular weight is 204 g/mol. The molecule has 1 aromatic rings. The van der Waals surface area contributed by atoms with Gasteiger partial charge in [0.1, 0.15) is 6.42 Å². The van der Waals surface area contributed by atoms with Gasteiger partial charge in [-0.3, -0.25) is 9.59 Å². The number of rotatable bonds is 4. The maximum absolute atomic E-state index is 11.0. The van der Waals surface area contributed by atoms with E-state index in [9.17, 15) is 9.59 Å². The highest BCUT2D eigenvalue weighted by Crippen LogP contribution is 2.05. The van der Waals surface area contributed by atoms with E-state index in [4.69, 9.17) is 5.11 Å². The molecule has 15 heavy (non-hydrogen) atoms. The van der Waals surface area contributed by atoms with Crippen molar-refractivity contribution in [2.24, 2.45) is 0 Å². The highest BCUT2D eigenvalue weighted by atomic mass is 16.4. The molecule has 0 radical (unpaired) electrons. The summed E-state index contributed by atoms with van der Waals surface area (Å²) in [5.41, 5.74) is 2.03. The number of carbonyl (C=O) groups excluding carboxylic acids is 1. The van der Waals surface area contributed by atoms with E-state index in [2.05, 4.69) is 0 Å². The third-order valence-electron chi connectivity index (χ3n) is 1.86. The first-order valence-corrected chi connectivity index (χ1v) is 4.57. The summed E-state index contributed by atoms with van der Waals surface area (Å²) in [4.78, 5) is 21.2. The van der Waals surface area contributed by atoms with Crippen LogP contribution in [0.3, 0.4) is 0 Å². The lowest BCUT2D eigenvalue weighted by atomic mass is 10.1. The number of carboxylic acids is 1. The van der Waals surface area contributed by atoms with E-state index in [1.807, 2.05) is 31.2 Å². The van der Waals surface area contributed by atoms with Crippen LogP contribution in [0.4, 0.5) is 0 Å². The van der Waals surface area contributed by atoms with Crippen LogP contribution in [0.2, 0.25) is 0 Å². The lowest BCUT2D eigenvalue weighted by Gasteiger charge is -1.94. The maximum atomic E-state index is 11.0. The summed E-state index contributed by atoms with van der Waals surface area (Å²) in [5.74, 6) is -1.50. The molecule has 1 rings (SSSR count). The van der Waals surface area contributed by atoms with Crippen LogP contribution in [0.25, 0.3) is 6.08 Å². The maximum Gasteiger partial charge on any atom is 0.311 e. The molecule has 3 heteroatoms. The van der Waals surface area contributed by atoms with Crippen molar-refractivity contribution in [3.05, 3.63) is 41.5 Å². The Hall–Kier alpha value is -1.90. The van der Waals surface area contributed by atoms with Crippen LogP contribution in [0.1, 0.15) is 17.5 Å². The highest BCUT2D eigenvalue weighted by Gasteiger charge is 2.02. The van der Waals surface area contributed by atoms with E-state index in [-0.39, 0.29) is 0 Å². The summed E-state index contributed by atoms with van der Waals surface area (Å²) in [6.45, 7) is 1.98. The molecule has 0 atom stereocenters. The molecule has 0 heterocycles. The zero-order valence-corrected chi connectivity index (χ0v) is 8.43. The van der Waals surface area contributed by atoms with E-state index < -0.39 is 18.2 Å². The van der Waals surface area contributed by atoms with Gasteiger partial charge in [0.05, 0.1) is 0 Å². The van der Waals surface area contributed by atoms with E-state index in [1.54, 1.807) is 6.08 Å². The minimum atomic E-state index is -1.10. The third kappa shape index (κ3) is 4.22. The minimum absolute atomic E-state index is 0.400. The Morgan fingerprint density at radius 1 is 1.27 bits per heavy atom. The van der Waals surface area contributed by atoms with E-state index in [0.717, 1.165) is 11.1 Å². The Labute approximate surface area is 88.0 Å². The summed E-state index contributed by atoms with van der Waals surface area (Å²) in [6, 6.07) is 7.61. The second-order valence-corrected chi connectivity index (χ2v) is 3.28. The van der Waals surface area contributed by atoms with Crippen LogP contribution in [0.5, 0.6) is 0 Å². The molecule has 0 amide bonds. The van der Waals surface area contributed by atoms with Gasteiger partial charge in [-0.15, -0.1) is 0 Å². The Morgan fingerprint density at radius 3 is 2.40 bits per heavy atom. The van der Waals surface area contributed by atoms with Crippen LogP contribution < -0.4 is 0 Å². The summed E-state index contributed by atoms with van der Waals surface area (Å²) in [6.07, 6.45) is 2.45.